The van der Waals surface area contributed by atoms with E-state index in [2.05, 4.69) is 49.7 Å². The summed E-state index contributed by atoms with van der Waals surface area (Å²) in [6.45, 7) is 5.03. The first-order chi connectivity index (χ1) is 9.71. The molecule has 4 heteroatoms. The van der Waals surface area contributed by atoms with Crippen LogP contribution >= 0.6 is 11.8 Å². The largest absolute Gasteiger partial charge is 0.321 e. The molecule has 1 aromatic rings. The normalized spacial score (nSPS) is 22.6. The van der Waals surface area contributed by atoms with E-state index < -0.39 is 0 Å². The molecule has 1 amide bonds. The highest BCUT2D eigenvalue weighted by Crippen LogP contribution is 2.27. The van der Waals surface area contributed by atoms with Crippen LogP contribution in [0.25, 0.3) is 0 Å². The third-order valence-corrected chi connectivity index (χ3v) is 4.49. The quantitative estimate of drug-likeness (QED) is 0.875. The van der Waals surface area contributed by atoms with Gasteiger partial charge in [-0.1, -0.05) is 38.1 Å². The van der Waals surface area contributed by atoms with Gasteiger partial charge in [0, 0.05) is 12.3 Å². The van der Waals surface area contributed by atoms with Crippen LogP contribution in [0.15, 0.2) is 24.3 Å². The number of aryl methyl sites for hydroxylation is 1. The summed E-state index contributed by atoms with van der Waals surface area (Å²) in [7, 11) is 0. The van der Waals surface area contributed by atoms with Crippen LogP contribution in [0.5, 0.6) is 0 Å². The molecule has 2 atom stereocenters. The van der Waals surface area contributed by atoms with Crippen LogP contribution in [0, 0.1) is 0 Å². The minimum Gasteiger partial charge on any atom is -0.321 e. The SMILES string of the molecule is CCc1ccc(C2NC(CC)C(=O)N2CCSC)cc1. The fraction of sp³-hybridized carbons (Fsp3) is 0.562. The summed E-state index contributed by atoms with van der Waals surface area (Å²) in [6, 6.07) is 8.58. The molecule has 2 rings (SSSR count). The molecule has 0 aliphatic carbocycles. The van der Waals surface area contributed by atoms with Gasteiger partial charge in [-0.25, -0.2) is 0 Å². The van der Waals surface area contributed by atoms with Crippen LogP contribution in [0.4, 0.5) is 0 Å². The van der Waals surface area contributed by atoms with E-state index in [9.17, 15) is 4.79 Å². The lowest BCUT2D eigenvalue weighted by Crippen LogP contribution is -2.32. The Morgan fingerprint density at radius 3 is 2.50 bits per heavy atom. The summed E-state index contributed by atoms with van der Waals surface area (Å²) >= 11 is 1.78. The highest BCUT2D eigenvalue weighted by Gasteiger charge is 2.37. The van der Waals surface area contributed by atoms with Crippen LogP contribution < -0.4 is 5.32 Å². The van der Waals surface area contributed by atoms with Gasteiger partial charge < -0.3 is 4.90 Å². The molecule has 0 spiro atoms. The van der Waals surface area contributed by atoms with E-state index in [1.807, 2.05) is 4.90 Å². The zero-order chi connectivity index (χ0) is 14.5. The number of benzene rings is 1. The molecule has 110 valence electrons. The summed E-state index contributed by atoms with van der Waals surface area (Å²) in [4.78, 5) is 14.4. The van der Waals surface area contributed by atoms with E-state index in [0.29, 0.717) is 0 Å². The van der Waals surface area contributed by atoms with Crippen molar-refractivity contribution in [3.8, 4) is 0 Å². The predicted octanol–water partition coefficient (Wildman–Crippen LogP) is 2.82. The van der Waals surface area contributed by atoms with Crippen molar-refractivity contribution in [2.24, 2.45) is 0 Å². The van der Waals surface area contributed by atoms with E-state index in [-0.39, 0.29) is 18.1 Å². The summed E-state index contributed by atoms with van der Waals surface area (Å²) in [5.74, 6) is 1.22. The molecular weight excluding hydrogens is 268 g/mol. The van der Waals surface area contributed by atoms with Crippen LogP contribution in [0.2, 0.25) is 0 Å². The maximum absolute atomic E-state index is 12.4. The van der Waals surface area contributed by atoms with Crippen molar-refractivity contribution in [2.45, 2.75) is 38.9 Å². The van der Waals surface area contributed by atoms with E-state index in [0.717, 1.165) is 25.1 Å². The minimum atomic E-state index is -0.0345. The van der Waals surface area contributed by atoms with Crippen LogP contribution in [0.3, 0.4) is 0 Å². The predicted molar refractivity (Wildman–Crippen MR) is 85.9 cm³/mol. The lowest BCUT2D eigenvalue weighted by molar-refractivity contribution is -0.129. The van der Waals surface area contributed by atoms with Gasteiger partial charge in [0.05, 0.1) is 6.04 Å². The Kier molecular flexibility index (Phi) is 5.49. The Balaban J connectivity index is 2.19. The Morgan fingerprint density at radius 2 is 1.95 bits per heavy atom. The average Bonchev–Trinajstić information content (AvgIpc) is 2.81. The summed E-state index contributed by atoms with van der Waals surface area (Å²) in [5, 5.41) is 3.47. The maximum atomic E-state index is 12.4. The van der Waals surface area contributed by atoms with Gasteiger partial charge in [0.1, 0.15) is 6.17 Å². The van der Waals surface area contributed by atoms with E-state index in [1.54, 1.807) is 11.8 Å². The monoisotopic (exact) mass is 292 g/mol. The minimum absolute atomic E-state index is 0.0329. The second-order valence-corrected chi connectivity index (χ2v) is 6.14. The first-order valence-electron chi connectivity index (χ1n) is 7.35. The van der Waals surface area contributed by atoms with Crippen molar-refractivity contribution in [1.82, 2.24) is 10.2 Å². The lowest BCUT2D eigenvalue weighted by atomic mass is 10.1. The third kappa shape index (κ3) is 3.18. The van der Waals surface area contributed by atoms with Gasteiger partial charge in [0.15, 0.2) is 0 Å². The van der Waals surface area contributed by atoms with Gasteiger partial charge >= 0.3 is 0 Å². The molecule has 0 saturated carbocycles. The fourth-order valence-corrected chi connectivity index (χ4v) is 2.99. The topological polar surface area (TPSA) is 32.3 Å². The molecule has 2 unspecified atom stereocenters. The van der Waals surface area contributed by atoms with Gasteiger partial charge in [-0.2, -0.15) is 11.8 Å². The second-order valence-electron chi connectivity index (χ2n) is 5.15. The number of carbonyl (C=O) groups excluding carboxylic acids is 1. The standard InChI is InChI=1S/C16H24N2OS/c1-4-12-6-8-13(9-7-12)15-17-14(5-2)16(19)18(15)10-11-20-3/h6-9,14-15,17H,4-5,10-11H2,1-3H3. The highest BCUT2D eigenvalue weighted by atomic mass is 32.2. The molecule has 0 radical (unpaired) electrons. The van der Waals surface area contributed by atoms with E-state index in [4.69, 9.17) is 0 Å². The first-order valence-corrected chi connectivity index (χ1v) is 8.75. The third-order valence-electron chi connectivity index (χ3n) is 3.90. The number of nitrogens with zero attached hydrogens (tertiary/aromatic N) is 1. The molecule has 0 bridgehead atoms. The number of hydrogen-bond donors (Lipinski definition) is 1. The average molecular weight is 292 g/mol. The van der Waals surface area contributed by atoms with E-state index >= 15 is 0 Å². The number of hydrogen-bond acceptors (Lipinski definition) is 3. The maximum Gasteiger partial charge on any atom is 0.241 e. The van der Waals surface area contributed by atoms with Crippen molar-refractivity contribution in [3.05, 3.63) is 35.4 Å². The number of carbonyl (C=O) groups is 1. The Labute approximate surface area is 126 Å². The number of nitrogens with one attached hydrogen (secondary N) is 1. The zero-order valence-electron chi connectivity index (χ0n) is 12.6. The number of thioether (sulfide) groups is 1. The zero-order valence-corrected chi connectivity index (χ0v) is 13.4. The Bertz CT molecular complexity index is 446. The van der Waals surface area contributed by atoms with Crippen molar-refractivity contribution in [1.29, 1.82) is 0 Å². The summed E-state index contributed by atoms with van der Waals surface area (Å²) in [5.41, 5.74) is 2.52. The van der Waals surface area contributed by atoms with Gasteiger partial charge in [0.2, 0.25) is 5.91 Å². The van der Waals surface area contributed by atoms with Crippen molar-refractivity contribution < 1.29 is 4.79 Å². The molecule has 1 aromatic carbocycles. The lowest BCUT2D eigenvalue weighted by Gasteiger charge is -2.24. The van der Waals surface area contributed by atoms with Crippen molar-refractivity contribution in [3.63, 3.8) is 0 Å². The number of amides is 1. The molecule has 3 nitrogen and oxygen atoms in total. The van der Waals surface area contributed by atoms with Crippen molar-refractivity contribution >= 4 is 17.7 Å². The summed E-state index contributed by atoms with van der Waals surface area (Å²) < 4.78 is 0. The van der Waals surface area contributed by atoms with Gasteiger partial charge in [-0.05, 0) is 30.2 Å². The highest BCUT2D eigenvalue weighted by molar-refractivity contribution is 7.98. The van der Waals surface area contributed by atoms with Gasteiger partial charge in [-0.15, -0.1) is 0 Å². The number of rotatable bonds is 6. The van der Waals surface area contributed by atoms with Crippen LogP contribution in [0.1, 0.15) is 37.6 Å². The molecule has 20 heavy (non-hydrogen) atoms. The molecule has 1 fully saturated rings. The molecule has 0 aromatic heterocycles. The Morgan fingerprint density at radius 1 is 1.25 bits per heavy atom. The van der Waals surface area contributed by atoms with E-state index in [1.165, 1.54) is 11.1 Å². The molecule has 1 heterocycles. The smallest absolute Gasteiger partial charge is 0.241 e. The Hall–Kier alpha value is -1.00. The molecule has 1 N–H and O–H groups in total. The molecule has 1 aliphatic rings. The molecular formula is C16H24N2OS. The van der Waals surface area contributed by atoms with Crippen LogP contribution in [-0.2, 0) is 11.2 Å². The second kappa shape index (κ2) is 7.14. The first kappa shape index (κ1) is 15.4. The molecule has 1 aliphatic heterocycles. The van der Waals surface area contributed by atoms with Crippen LogP contribution in [-0.4, -0.2) is 35.4 Å². The fourth-order valence-electron chi connectivity index (χ4n) is 2.61. The van der Waals surface area contributed by atoms with Gasteiger partial charge in [-0.3, -0.25) is 10.1 Å². The summed E-state index contributed by atoms with van der Waals surface area (Å²) in [6.07, 6.45) is 4.00. The van der Waals surface area contributed by atoms with Gasteiger partial charge in [0.25, 0.3) is 0 Å². The molecule has 1 saturated heterocycles. The van der Waals surface area contributed by atoms with Crippen molar-refractivity contribution in [2.75, 3.05) is 18.6 Å².